The molecule has 0 radical (unpaired) electrons. The van der Waals surface area contributed by atoms with Crippen LogP contribution in [0.1, 0.15) is 5.56 Å². The van der Waals surface area contributed by atoms with Gasteiger partial charge in [0.1, 0.15) is 25.0 Å². The van der Waals surface area contributed by atoms with Crippen LogP contribution in [0.4, 0.5) is 5.69 Å². The first-order valence-corrected chi connectivity index (χ1v) is 6.54. The Bertz CT molecular complexity index is 787. The van der Waals surface area contributed by atoms with E-state index in [9.17, 15) is 10.1 Å². The second kappa shape index (κ2) is 6.04. The summed E-state index contributed by atoms with van der Waals surface area (Å²) >= 11 is 0. The standard InChI is InChI=1S/C15H12N4O3/c20-19(21)15-7-2-1-4-12(15)9-22-14-6-3-5-13(8-14)18-11-16-10-17-18/h1-8,10-11H,9H2. The molecule has 7 nitrogen and oxygen atoms in total. The SMILES string of the molecule is O=[N+]([O-])c1ccccc1COc1cccc(-n2cncn2)c1. The van der Waals surface area contributed by atoms with E-state index in [1.807, 2.05) is 12.1 Å². The summed E-state index contributed by atoms with van der Waals surface area (Å²) in [6.07, 6.45) is 3.03. The maximum atomic E-state index is 11.0. The first kappa shape index (κ1) is 13.7. The molecule has 1 heterocycles. The Hall–Kier alpha value is -3.22. The molecule has 0 saturated heterocycles. The van der Waals surface area contributed by atoms with Gasteiger partial charge in [0.05, 0.1) is 16.2 Å². The Morgan fingerprint density at radius 1 is 1.18 bits per heavy atom. The molecule has 0 atom stereocenters. The number of benzene rings is 2. The van der Waals surface area contributed by atoms with Gasteiger partial charge in [0.2, 0.25) is 0 Å². The largest absolute Gasteiger partial charge is 0.489 e. The molecular weight excluding hydrogens is 284 g/mol. The van der Waals surface area contributed by atoms with Gasteiger partial charge in [0, 0.05) is 12.1 Å². The number of para-hydroxylation sites is 1. The fraction of sp³-hybridized carbons (Fsp3) is 0.0667. The number of ether oxygens (including phenoxy) is 1. The van der Waals surface area contributed by atoms with E-state index in [0.29, 0.717) is 11.3 Å². The molecule has 22 heavy (non-hydrogen) atoms. The van der Waals surface area contributed by atoms with E-state index >= 15 is 0 Å². The first-order valence-electron chi connectivity index (χ1n) is 6.54. The van der Waals surface area contributed by atoms with Crippen LogP contribution in [0.15, 0.2) is 61.2 Å². The fourth-order valence-corrected chi connectivity index (χ4v) is 2.03. The summed E-state index contributed by atoms with van der Waals surface area (Å²) in [6, 6.07) is 13.8. The minimum Gasteiger partial charge on any atom is -0.489 e. The summed E-state index contributed by atoms with van der Waals surface area (Å²) < 4.78 is 7.26. The second-order valence-electron chi connectivity index (χ2n) is 4.51. The maximum absolute atomic E-state index is 11.0. The highest BCUT2D eigenvalue weighted by molar-refractivity contribution is 5.41. The normalized spacial score (nSPS) is 10.4. The summed E-state index contributed by atoms with van der Waals surface area (Å²) in [5, 5.41) is 15.0. The molecule has 0 aliphatic rings. The lowest BCUT2D eigenvalue weighted by Crippen LogP contribution is -2.01. The maximum Gasteiger partial charge on any atom is 0.276 e. The van der Waals surface area contributed by atoms with Gasteiger partial charge < -0.3 is 4.74 Å². The quantitative estimate of drug-likeness (QED) is 0.534. The highest BCUT2D eigenvalue weighted by Crippen LogP contribution is 2.21. The van der Waals surface area contributed by atoms with Crippen molar-refractivity contribution < 1.29 is 9.66 Å². The Morgan fingerprint density at radius 2 is 2.05 bits per heavy atom. The highest BCUT2D eigenvalue weighted by atomic mass is 16.6. The molecule has 3 rings (SSSR count). The average molecular weight is 296 g/mol. The smallest absolute Gasteiger partial charge is 0.276 e. The van der Waals surface area contributed by atoms with Gasteiger partial charge in [-0.3, -0.25) is 10.1 Å². The van der Waals surface area contributed by atoms with Crippen LogP contribution >= 0.6 is 0 Å². The van der Waals surface area contributed by atoms with Crippen LogP contribution in [0.5, 0.6) is 5.75 Å². The van der Waals surface area contributed by atoms with Crippen molar-refractivity contribution in [2.24, 2.45) is 0 Å². The van der Waals surface area contributed by atoms with Gasteiger partial charge in [-0.05, 0) is 18.2 Å². The van der Waals surface area contributed by atoms with Crippen molar-refractivity contribution in [2.45, 2.75) is 6.61 Å². The van der Waals surface area contributed by atoms with Crippen LogP contribution in [0, 0.1) is 10.1 Å². The van der Waals surface area contributed by atoms with Crippen LogP contribution in [-0.4, -0.2) is 19.7 Å². The number of hydrogen-bond donors (Lipinski definition) is 0. The van der Waals surface area contributed by atoms with Crippen LogP contribution in [0.3, 0.4) is 0 Å². The van der Waals surface area contributed by atoms with Crippen molar-refractivity contribution in [1.82, 2.24) is 14.8 Å². The lowest BCUT2D eigenvalue weighted by atomic mass is 10.2. The second-order valence-corrected chi connectivity index (χ2v) is 4.51. The number of nitro groups is 1. The number of nitrogens with zero attached hydrogens (tertiary/aromatic N) is 4. The van der Waals surface area contributed by atoms with Gasteiger partial charge in [-0.1, -0.05) is 18.2 Å². The van der Waals surface area contributed by atoms with E-state index in [1.54, 1.807) is 41.3 Å². The predicted molar refractivity (Wildman–Crippen MR) is 78.8 cm³/mol. The molecule has 1 aromatic heterocycles. The molecule has 0 fully saturated rings. The van der Waals surface area contributed by atoms with Crippen molar-refractivity contribution in [1.29, 1.82) is 0 Å². The molecule has 0 unspecified atom stereocenters. The topological polar surface area (TPSA) is 83.1 Å². The van der Waals surface area contributed by atoms with Gasteiger partial charge in [-0.15, -0.1) is 0 Å². The molecule has 0 bridgehead atoms. The summed E-state index contributed by atoms with van der Waals surface area (Å²) in [6.45, 7) is 0.123. The zero-order valence-electron chi connectivity index (χ0n) is 11.5. The summed E-state index contributed by atoms with van der Waals surface area (Å²) in [5.41, 5.74) is 1.38. The lowest BCUT2D eigenvalue weighted by Gasteiger charge is -2.08. The molecule has 0 spiro atoms. The number of rotatable bonds is 5. The predicted octanol–water partition coefficient (Wildman–Crippen LogP) is 2.75. The van der Waals surface area contributed by atoms with Gasteiger partial charge in [0.25, 0.3) is 5.69 Å². The van der Waals surface area contributed by atoms with Crippen molar-refractivity contribution in [3.63, 3.8) is 0 Å². The monoisotopic (exact) mass is 296 g/mol. The summed E-state index contributed by atoms with van der Waals surface area (Å²) in [7, 11) is 0. The minimum atomic E-state index is -0.412. The van der Waals surface area contributed by atoms with Gasteiger partial charge in [-0.2, -0.15) is 5.10 Å². The van der Waals surface area contributed by atoms with Gasteiger partial charge in [0.15, 0.2) is 0 Å². The molecule has 0 aliphatic heterocycles. The van der Waals surface area contributed by atoms with Crippen molar-refractivity contribution in [3.8, 4) is 11.4 Å². The molecule has 110 valence electrons. The number of hydrogen-bond acceptors (Lipinski definition) is 5. The van der Waals surface area contributed by atoms with Gasteiger partial charge in [-0.25, -0.2) is 9.67 Å². The third-order valence-corrected chi connectivity index (χ3v) is 3.08. The van der Waals surface area contributed by atoms with Crippen LogP contribution in [-0.2, 0) is 6.61 Å². The average Bonchev–Trinajstić information content (AvgIpc) is 3.08. The zero-order chi connectivity index (χ0) is 15.4. The molecule has 2 aromatic carbocycles. The van der Waals surface area contributed by atoms with Crippen LogP contribution in [0.2, 0.25) is 0 Å². The molecular formula is C15H12N4O3. The number of aromatic nitrogens is 3. The van der Waals surface area contributed by atoms with E-state index in [1.165, 1.54) is 12.4 Å². The third-order valence-electron chi connectivity index (χ3n) is 3.08. The molecule has 3 aromatic rings. The zero-order valence-corrected chi connectivity index (χ0v) is 11.5. The Balaban J connectivity index is 1.78. The molecule has 0 amide bonds. The van der Waals surface area contributed by atoms with E-state index in [4.69, 9.17) is 4.74 Å². The third kappa shape index (κ3) is 2.93. The Kier molecular flexibility index (Phi) is 3.78. The summed E-state index contributed by atoms with van der Waals surface area (Å²) in [5.74, 6) is 0.603. The summed E-state index contributed by atoms with van der Waals surface area (Å²) in [4.78, 5) is 14.5. The van der Waals surface area contributed by atoms with Crippen LogP contribution in [0.25, 0.3) is 5.69 Å². The Morgan fingerprint density at radius 3 is 2.82 bits per heavy atom. The fourth-order valence-electron chi connectivity index (χ4n) is 2.03. The van der Waals surface area contributed by atoms with Crippen molar-refractivity contribution >= 4 is 5.69 Å². The van der Waals surface area contributed by atoms with E-state index in [-0.39, 0.29) is 12.3 Å². The van der Waals surface area contributed by atoms with Crippen LogP contribution < -0.4 is 4.74 Å². The van der Waals surface area contributed by atoms with E-state index in [2.05, 4.69) is 10.1 Å². The highest BCUT2D eigenvalue weighted by Gasteiger charge is 2.12. The molecule has 7 heteroatoms. The lowest BCUT2D eigenvalue weighted by molar-refractivity contribution is -0.385. The van der Waals surface area contributed by atoms with Gasteiger partial charge >= 0.3 is 0 Å². The number of nitro benzene ring substituents is 1. The molecule has 0 saturated carbocycles. The molecule has 0 aliphatic carbocycles. The van der Waals surface area contributed by atoms with Crippen molar-refractivity contribution in [3.05, 3.63) is 76.9 Å². The Labute approximate surface area is 126 Å². The van der Waals surface area contributed by atoms with E-state index < -0.39 is 4.92 Å². The first-order chi connectivity index (χ1) is 10.7. The van der Waals surface area contributed by atoms with Crippen molar-refractivity contribution in [2.75, 3.05) is 0 Å². The minimum absolute atomic E-state index is 0.0509. The van der Waals surface area contributed by atoms with E-state index in [0.717, 1.165) is 5.69 Å². The molecule has 0 N–H and O–H groups in total.